The molecule has 0 bridgehead atoms. The van der Waals surface area contributed by atoms with E-state index in [1.807, 2.05) is 44.2 Å². The topological polar surface area (TPSA) is 66.4 Å². The first-order valence-electron chi connectivity index (χ1n) is 7.26. The van der Waals surface area contributed by atoms with Crippen molar-refractivity contribution in [2.45, 2.75) is 13.8 Å². The molecule has 0 saturated heterocycles. The Morgan fingerprint density at radius 1 is 1.21 bits per heavy atom. The van der Waals surface area contributed by atoms with Gasteiger partial charge >= 0.3 is 0 Å². The van der Waals surface area contributed by atoms with Gasteiger partial charge in [0.2, 0.25) is 5.13 Å². The van der Waals surface area contributed by atoms with Crippen LogP contribution in [0.1, 0.15) is 24.2 Å². The lowest BCUT2D eigenvalue weighted by atomic mass is 10.2. The van der Waals surface area contributed by atoms with Gasteiger partial charge in [-0.3, -0.25) is 10.2 Å². The van der Waals surface area contributed by atoms with Crippen LogP contribution in [-0.2, 0) is 0 Å². The lowest BCUT2D eigenvalue weighted by Gasteiger charge is -2.05. The smallest absolute Gasteiger partial charge is 0.255 e. The molecule has 7 heteroatoms. The zero-order chi connectivity index (χ0) is 17.1. The molecule has 0 aliphatic carbocycles. The molecule has 0 unspecified atom stereocenters. The minimum atomic E-state index is -0.148. The fourth-order valence-electron chi connectivity index (χ4n) is 2.04. The predicted molar refractivity (Wildman–Crippen MR) is 104 cm³/mol. The van der Waals surface area contributed by atoms with E-state index in [1.54, 1.807) is 12.1 Å². The van der Waals surface area contributed by atoms with Crippen LogP contribution in [0.4, 0.5) is 10.8 Å². The van der Waals surface area contributed by atoms with E-state index in [0.29, 0.717) is 5.56 Å². The molecule has 24 heavy (non-hydrogen) atoms. The third kappa shape index (κ3) is 3.98. The average molecular weight is 403 g/mol. The maximum absolute atomic E-state index is 12.3. The molecular weight excluding hydrogens is 388 g/mol. The molecule has 1 heterocycles. The van der Waals surface area contributed by atoms with E-state index in [9.17, 15) is 4.79 Å². The van der Waals surface area contributed by atoms with Crippen LogP contribution in [-0.4, -0.2) is 16.6 Å². The molecule has 1 amide bonds. The number of hydrogen-bond acceptors (Lipinski definition) is 5. The molecule has 0 radical (unpaired) electrons. The normalized spacial score (nSPS) is 10.5. The average Bonchev–Trinajstić information content (AvgIpc) is 2.95. The van der Waals surface area contributed by atoms with Crippen molar-refractivity contribution >= 4 is 59.9 Å². The van der Waals surface area contributed by atoms with Gasteiger partial charge in [-0.1, -0.05) is 33.3 Å². The number of carbonyl (C=O) groups excluding carboxylic acids is 1. The van der Waals surface area contributed by atoms with E-state index in [4.69, 9.17) is 0 Å². The molecule has 122 valence electrons. The lowest BCUT2D eigenvalue weighted by molar-refractivity contribution is 0.102. The van der Waals surface area contributed by atoms with Crippen molar-refractivity contribution in [3.63, 3.8) is 0 Å². The summed E-state index contributed by atoms with van der Waals surface area (Å²) < 4.78 is 1.85. The van der Waals surface area contributed by atoms with Gasteiger partial charge in [-0.25, -0.2) is 4.98 Å². The van der Waals surface area contributed by atoms with Crippen molar-refractivity contribution in [3.8, 4) is 0 Å². The van der Waals surface area contributed by atoms with Gasteiger partial charge in [-0.15, -0.1) is 0 Å². The third-order valence-corrected chi connectivity index (χ3v) is 4.52. The van der Waals surface area contributed by atoms with Gasteiger partial charge in [0.05, 0.1) is 10.2 Å². The standard InChI is InChI=1S/C17H15BrN4OS/c1-10(2)21-22-17-20-14-7-6-13(9-15(14)24-17)19-16(23)11-4-3-5-12(18)8-11/h3-9H,1-2H3,(H,19,23)(H,20,22). The van der Waals surface area contributed by atoms with Crippen LogP contribution >= 0.6 is 27.3 Å². The highest BCUT2D eigenvalue weighted by Gasteiger charge is 2.09. The molecular formula is C17H15BrN4OS. The molecule has 0 atom stereocenters. The predicted octanol–water partition coefficient (Wildman–Crippen LogP) is 5.12. The van der Waals surface area contributed by atoms with Gasteiger partial charge in [0.1, 0.15) is 0 Å². The number of hydrogen-bond donors (Lipinski definition) is 2. The zero-order valence-corrected chi connectivity index (χ0v) is 15.5. The van der Waals surface area contributed by atoms with E-state index in [2.05, 4.69) is 36.8 Å². The fourth-order valence-corrected chi connectivity index (χ4v) is 3.29. The number of benzene rings is 2. The van der Waals surface area contributed by atoms with Crippen molar-refractivity contribution in [1.29, 1.82) is 0 Å². The number of thiazole rings is 1. The Balaban J connectivity index is 1.80. The summed E-state index contributed by atoms with van der Waals surface area (Å²) in [5.74, 6) is -0.148. The number of carbonyl (C=O) groups is 1. The Bertz CT molecular complexity index is 931. The third-order valence-electron chi connectivity index (χ3n) is 3.11. The van der Waals surface area contributed by atoms with Gasteiger partial charge in [0.25, 0.3) is 5.91 Å². The molecule has 3 aromatic rings. The second-order valence-corrected chi connectivity index (χ2v) is 7.28. The molecule has 2 N–H and O–H groups in total. The summed E-state index contributed by atoms with van der Waals surface area (Å²) in [5.41, 5.74) is 6.06. The maximum atomic E-state index is 12.3. The summed E-state index contributed by atoms with van der Waals surface area (Å²) >= 11 is 4.86. The van der Waals surface area contributed by atoms with Crippen molar-refractivity contribution in [2.24, 2.45) is 5.10 Å². The van der Waals surface area contributed by atoms with Crippen LogP contribution in [0.2, 0.25) is 0 Å². The monoisotopic (exact) mass is 402 g/mol. The Morgan fingerprint density at radius 3 is 2.79 bits per heavy atom. The molecule has 0 fully saturated rings. The quantitative estimate of drug-likeness (QED) is 0.470. The summed E-state index contributed by atoms with van der Waals surface area (Å²) in [4.78, 5) is 16.8. The van der Waals surface area contributed by atoms with Crippen LogP contribution in [0, 0.1) is 0 Å². The minimum absolute atomic E-state index is 0.148. The number of anilines is 2. The summed E-state index contributed by atoms with van der Waals surface area (Å²) in [7, 11) is 0. The highest BCUT2D eigenvalue weighted by Crippen LogP contribution is 2.28. The first-order chi connectivity index (χ1) is 11.5. The van der Waals surface area contributed by atoms with Crippen LogP contribution in [0.15, 0.2) is 52.0 Å². The Hall–Kier alpha value is -2.25. The molecule has 0 aliphatic rings. The number of amides is 1. The molecule has 0 saturated carbocycles. The number of rotatable bonds is 4. The number of nitrogens with one attached hydrogen (secondary N) is 2. The summed E-state index contributed by atoms with van der Waals surface area (Å²) in [5, 5.41) is 7.78. The molecule has 2 aromatic carbocycles. The maximum Gasteiger partial charge on any atom is 0.255 e. The summed E-state index contributed by atoms with van der Waals surface area (Å²) in [6, 6.07) is 12.9. The SMILES string of the molecule is CC(C)=NNc1nc2ccc(NC(=O)c3cccc(Br)c3)cc2s1. The van der Waals surface area contributed by atoms with Gasteiger partial charge in [0, 0.05) is 21.4 Å². The zero-order valence-electron chi connectivity index (χ0n) is 13.1. The van der Waals surface area contributed by atoms with E-state index in [1.165, 1.54) is 11.3 Å². The highest BCUT2D eigenvalue weighted by molar-refractivity contribution is 9.10. The van der Waals surface area contributed by atoms with Crippen molar-refractivity contribution in [3.05, 3.63) is 52.5 Å². The first-order valence-corrected chi connectivity index (χ1v) is 8.86. The first kappa shape index (κ1) is 16.6. The highest BCUT2D eigenvalue weighted by atomic mass is 79.9. The van der Waals surface area contributed by atoms with Crippen LogP contribution < -0.4 is 10.7 Å². The second-order valence-electron chi connectivity index (χ2n) is 5.34. The number of nitrogens with zero attached hydrogens (tertiary/aromatic N) is 2. The van der Waals surface area contributed by atoms with E-state index in [-0.39, 0.29) is 5.91 Å². The van der Waals surface area contributed by atoms with Crippen molar-refractivity contribution in [1.82, 2.24) is 4.98 Å². The number of hydrazone groups is 1. The number of aromatic nitrogens is 1. The minimum Gasteiger partial charge on any atom is -0.322 e. The number of fused-ring (bicyclic) bond motifs is 1. The molecule has 0 spiro atoms. The Morgan fingerprint density at radius 2 is 2.04 bits per heavy atom. The largest absolute Gasteiger partial charge is 0.322 e. The van der Waals surface area contributed by atoms with E-state index in [0.717, 1.165) is 31.2 Å². The van der Waals surface area contributed by atoms with Crippen molar-refractivity contribution < 1.29 is 4.79 Å². The van der Waals surface area contributed by atoms with Gasteiger partial charge in [0.15, 0.2) is 0 Å². The lowest BCUT2D eigenvalue weighted by Crippen LogP contribution is -2.11. The second kappa shape index (κ2) is 7.11. The fraction of sp³-hybridized carbons (Fsp3) is 0.118. The van der Waals surface area contributed by atoms with Crippen LogP contribution in [0.3, 0.4) is 0 Å². The van der Waals surface area contributed by atoms with Gasteiger partial charge < -0.3 is 5.32 Å². The summed E-state index contributed by atoms with van der Waals surface area (Å²) in [6.07, 6.45) is 0. The molecule has 3 rings (SSSR count). The summed E-state index contributed by atoms with van der Waals surface area (Å²) in [6.45, 7) is 3.83. The van der Waals surface area contributed by atoms with E-state index >= 15 is 0 Å². The van der Waals surface area contributed by atoms with Crippen molar-refractivity contribution in [2.75, 3.05) is 10.7 Å². The molecule has 0 aliphatic heterocycles. The van der Waals surface area contributed by atoms with Gasteiger partial charge in [-0.2, -0.15) is 5.10 Å². The van der Waals surface area contributed by atoms with Gasteiger partial charge in [-0.05, 0) is 50.2 Å². The Kier molecular flexibility index (Phi) is 4.92. The van der Waals surface area contributed by atoms with E-state index < -0.39 is 0 Å². The van der Waals surface area contributed by atoms with Crippen LogP contribution in [0.25, 0.3) is 10.2 Å². The number of halogens is 1. The Labute approximate surface area is 151 Å². The molecule has 1 aromatic heterocycles. The van der Waals surface area contributed by atoms with Crippen LogP contribution in [0.5, 0.6) is 0 Å². The molecule has 5 nitrogen and oxygen atoms in total.